The van der Waals surface area contributed by atoms with E-state index in [0.29, 0.717) is 11.4 Å². The van der Waals surface area contributed by atoms with E-state index in [4.69, 9.17) is 10.1 Å². The Morgan fingerprint density at radius 1 is 0.967 bits per heavy atom. The molecule has 0 bridgehead atoms. The number of ether oxygens (including phenoxy) is 1. The lowest BCUT2D eigenvalue weighted by Crippen LogP contribution is -2.29. The van der Waals surface area contributed by atoms with Gasteiger partial charge in [-0.1, -0.05) is 42.5 Å². The number of anilines is 1. The second-order valence-corrected chi connectivity index (χ2v) is 7.09. The molecule has 0 aliphatic carbocycles. The summed E-state index contributed by atoms with van der Waals surface area (Å²) >= 11 is 0. The maximum absolute atomic E-state index is 11.3. The number of amidine groups is 1. The minimum Gasteiger partial charge on any atom is -0.509 e. The molecule has 30 heavy (non-hydrogen) atoms. The molecular weight excluding hydrogens is 376 g/mol. The zero-order valence-electron chi connectivity index (χ0n) is 16.3. The summed E-state index contributed by atoms with van der Waals surface area (Å²) in [6.07, 6.45) is 0. The molecule has 1 aromatic heterocycles. The van der Waals surface area contributed by atoms with Gasteiger partial charge in [0, 0.05) is 5.69 Å². The smallest absolute Gasteiger partial charge is 0.145 e. The average Bonchev–Trinajstić information content (AvgIpc) is 3.32. The van der Waals surface area contributed by atoms with Crippen molar-refractivity contribution in [1.29, 1.82) is 5.41 Å². The fourth-order valence-electron chi connectivity index (χ4n) is 3.90. The monoisotopic (exact) mass is 396 g/mol. The minimum absolute atomic E-state index is 0.0982. The lowest BCUT2D eigenvalue weighted by molar-refractivity contribution is 0.379. The number of aliphatic hydroxyl groups is 1. The first-order valence-electron chi connectivity index (χ1n) is 9.63. The predicted molar refractivity (Wildman–Crippen MR) is 118 cm³/mol. The van der Waals surface area contributed by atoms with E-state index in [0.717, 1.165) is 28.0 Å². The van der Waals surface area contributed by atoms with Crippen LogP contribution in [0, 0.1) is 5.41 Å². The fourth-order valence-corrected chi connectivity index (χ4v) is 3.90. The van der Waals surface area contributed by atoms with Crippen molar-refractivity contribution in [3.8, 4) is 5.75 Å². The van der Waals surface area contributed by atoms with Crippen LogP contribution < -0.4 is 9.64 Å². The van der Waals surface area contributed by atoms with Gasteiger partial charge in [0.15, 0.2) is 0 Å². The van der Waals surface area contributed by atoms with Gasteiger partial charge >= 0.3 is 0 Å². The summed E-state index contributed by atoms with van der Waals surface area (Å²) in [4.78, 5) is 9.67. The Kier molecular flexibility index (Phi) is 4.25. The number of rotatable bonds is 4. The van der Waals surface area contributed by atoms with Crippen LogP contribution in [0.15, 0.2) is 84.6 Å². The van der Waals surface area contributed by atoms with Crippen molar-refractivity contribution >= 4 is 28.1 Å². The molecule has 3 N–H and O–H groups in total. The van der Waals surface area contributed by atoms with Crippen molar-refractivity contribution in [3.05, 3.63) is 96.0 Å². The molecule has 0 radical (unpaired) electrons. The van der Waals surface area contributed by atoms with E-state index >= 15 is 0 Å². The number of methoxy groups -OCH3 is 1. The zero-order chi connectivity index (χ0) is 20.7. The molecule has 0 fully saturated rings. The molecule has 3 aromatic carbocycles. The summed E-state index contributed by atoms with van der Waals surface area (Å²) < 4.78 is 5.27. The normalized spacial score (nSPS) is 16.5. The number of aromatic nitrogens is 2. The zero-order valence-corrected chi connectivity index (χ0v) is 16.3. The standard InChI is InChI=1S/C24H20N4O2/c1-30-17-13-11-16(12-14-17)28-21(15-7-3-2-4-8-15)22(29)20(23(28)25)24-26-18-9-5-6-10-19(18)27-24/h2-14,21,25,29H,1H3,(H,26,27)/t21-/m1/s1. The average molecular weight is 396 g/mol. The Balaban J connectivity index is 1.66. The van der Waals surface area contributed by atoms with Gasteiger partial charge in [0.25, 0.3) is 0 Å². The van der Waals surface area contributed by atoms with Crippen molar-refractivity contribution in [2.75, 3.05) is 12.0 Å². The van der Waals surface area contributed by atoms with Crippen LogP contribution in [0.25, 0.3) is 16.6 Å². The highest BCUT2D eigenvalue weighted by atomic mass is 16.5. The molecule has 0 spiro atoms. The van der Waals surface area contributed by atoms with Gasteiger partial charge in [0.2, 0.25) is 0 Å². The topological polar surface area (TPSA) is 85.2 Å². The highest BCUT2D eigenvalue weighted by Gasteiger charge is 2.40. The Bertz CT molecular complexity index is 1230. The number of aromatic amines is 1. The Morgan fingerprint density at radius 2 is 1.67 bits per heavy atom. The van der Waals surface area contributed by atoms with Crippen LogP contribution in [0.5, 0.6) is 5.75 Å². The van der Waals surface area contributed by atoms with E-state index in [1.165, 1.54) is 0 Å². The first kappa shape index (κ1) is 18.0. The quantitative estimate of drug-likeness (QED) is 0.449. The van der Waals surface area contributed by atoms with Crippen molar-refractivity contribution in [1.82, 2.24) is 9.97 Å². The fraction of sp³-hybridized carbons (Fsp3) is 0.0833. The number of benzene rings is 3. The summed E-state index contributed by atoms with van der Waals surface area (Å²) in [6.45, 7) is 0. The Hall–Kier alpha value is -4.06. The molecule has 148 valence electrons. The summed E-state index contributed by atoms with van der Waals surface area (Å²) in [5.74, 6) is 1.50. The van der Waals surface area contributed by atoms with Gasteiger partial charge in [-0.05, 0) is 42.0 Å². The molecule has 4 aromatic rings. The maximum Gasteiger partial charge on any atom is 0.145 e. The van der Waals surface area contributed by atoms with Crippen LogP contribution in [0.3, 0.4) is 0 Å². The van der Waals surface area contributed by atoms with E-state index in [-0.39, 0.29) is 11.6 Å². The second kappa shape index (κ2) is 7.08. The summed E-state index contributed by atoms with van der Waals surface area (Å²) in [5.41, 5.74) is 3.73. The first-order valence-corrected chi connectivity index (χ1v) is 9.63. The molecule has 0 saturated carbocycles. The molecule has 2 heterocycles. The number of hydrogen-bond donors (Lipinski definition) is 3. The third kappa shape index (κ3) is 2.81. The SMILES string of the molecule is COc1ccc(N2C(=N)C(c3nc4ccccc4[nH]3)=C(O)[C@H]2c2ccccc2)cc1. The van der Waals surface area contributed by atoms with Gasteiger partial charge in [-0.3, -0.25) is 5.41 Å². The number of hydrogen-bond acceptors (Lipinski definition) is 4. The molecule has 1 atom stereocenters. The number of nitrogens with zero attached hydrogens (tertiary/aromatic N) is 2. The number of imidazole rings is 1. The van der Waals surface area contributed by atoms with Gasteiger partial charge in [-0.15, -0.1) is 0 Å². The van der Waals surface area contributed by atoms with Crippen molar-refractivity contribution in [2.45, 2.75) is 6.04 Å². The molecule has 6 nitrogen and oxygen atoms in total. The number of para-hydroxylation sites is 2. The second-order valence-electron chi connectivity index (χ2n) is 7.09. The van der Waals surface area contributed by atoms with Crippen LogP contribution in [-0.4, -0.2) is 28.0 Å². The van der Waals surface area contributed by atoms with Gasteiger partial charge < -0.3 is 19.7 Å². The van der Waals surface area contributed by atoms with E-state index < -0.39 is 6.04 Å². The molecule has 5 rings (SSSR count). The van der Waals surface area contributed by atoms with Crippen LogP contribution in [0.4, 0.5) is 5.69 Å². The van der Waals surface area contributed by atoms with Gasteiger partial charge in [-0.2, -0.15) is 0 Å². The van der Waals surface area contributed by atoms with Crippen molar-refractivity contribution < 1.29 is 9.84 Å². The van der Waals surface area contributed by atoms with Crippen LogP contribution >= 0.6 is 0 Å². The summed E-state index contributed by atoms with van der Waals surface area (Å²) in [6, 6.07) is 24.3. The largest absolute Gasteiger partial charge is 0.509 e. The van der Waals surface area contributed by atoms with Crippen LogP contribution in [0.2, 0.25) is 0 Å². The van der Waals surface area contributed by atoms with Gasteiger partial charge in [0.1, 0.15) is 29.2 Å². The number of aliphatic hydroxyl groups excluding tert-OH is 1. The highest BCUT2D eigenvalue weighted by Crippen LogP contribution is 2.43. The molecule has 0 saturated heterocycles. The lowest BCUT2D eigenvalue weighted by atomic mass is 10.0. The van der Waals surface area contributed by atoms with E-state index in [1.807, 2.05) is 83.8 Å². The van der Waals surface area contributed by atoms with Crippen LogP contribution in [0.1, 0.15) is 17.4 Å². The van der Waals surface area contributed by atoms with Gasteiger partial charge in [0.05, 0.1) is 23.7 Å². The Morgan fingerprint density at radius 3 is 2.37 bits per heavy atom. The molecule has 0 unspecified atom stereocenters. The molecule has 0 amide bonds. The highest BCUT2D eigenvalue weighted by molar-refractivity contribution is 6.31. The molecule has 1 aliphatic heterocycles. The van der Waals surface area contributed by atoms with E-state index in [1.54, 1.807) is 7.11 Å². The Labute approximate surface area is 173 Å². The lowest BCUT2D eigenvalue weighted by Gasteiger charge is -2.27. The third-order valence-electron chi connectivity index (χ3n) is 5.34. The van der Waals surface area contributed by atoms with E-state index in [9.17, 15) is 5.11 Å². The molecular formula is C24H20N4O2. The summed E-state index contributed by atoms with van der Waals surface area (Å²) in [5, 5.41) is 20.2. The number of fused-ring (bicyclic) bond motifs is 1. The van der Waals surface area contributed by atoms with Crippen molar-refractivity contribution in [2.24, 2.45) is 0 Å². The molecule has 1 aliphatic rings. The van der Waals surface area contributed by atoms with Gasteiger partial charge in [-0.25, -0.2) is 4.98 Å². The first-order chi connectivity index (χ1) is 14.7. The van der Waals surface area contributed by atoms with Crippen LogP contribution in [-0.2, 0) is 0 Å². The van der Waals surface area contributed by atoms with Crippen molar-refractivity contribution in [3.63, 3.8) is 0 Å². The maximum atomic E-state index is 11.3. The third-order valence-corrected chi connectivity index (χ3v) is 5.34. The van der Waals surface area contributed by atoms with E-state index in [2.05, 4.69) is 9.97 Å². The minimum atomic E-state index is -0.518. The predicted octanol–water partition coefficient (Wildman–Crippen LogP) is 5.08. The molecule has 6 heteroatoms. The number of H-pyrrole nitrogens is 1. The number of nitrogens with one attached hydrogen (secondary N) is 2. The summed E-state index contributed by atoms with van der Waals surface area (Å²) in [7, 11) is 1.62.